The number of para-hydroxylation sites is 1. The zero-order valence-corrected chi connectivity index (χ0v) is 16.3. The fraction of sp³-hybridized carbons (Fsp3) is 0.500. The van der Waals surface area contributed by atoms with Crippen molar-refractivity contribution in [1.82, 2.24) is 9.97 Å². The lowest BCUT2D eigenvalue weighted by Crippen LogP contribution is -2.25. The molecule has 0 amide bonds. The monoisotopic (exact) mass is 381 g/mol. The molecule has 1 saturated carbocycles. The van der Waals surface area contributed by atoms with E-state index in [1.54, 1.807) is 6.92 Å². The molecule has 0 bridgehead atoms. The van der Waals surface area contributed by atoms with Crippen LogP contribution >= 0.6 is 0 Å². The number of aromatic nitrogens is 2. The topological polar surface area (TPSA) is 75.5 Å². The van der Waals surface area contributed by atoms with E-state index < -0.39 is 5.97 Å². The van der Waals surface area contributed by atoms with E-state index in [9.17, 15) is 9.90 Å². The molecule has 1 saturated heterocycles. The van der Waals surface area contributed by atoms with E-state index in [4.69, 9.17) is 4.74 Å². The summed E-state index contributed by atoms with van der Waals surface area (Å²) in [5, 5.41) is 9.23. The van der Waals surface area contributed by atoms with Gasteiger partial charge in [0.05, 0.1) is 6.61 Å². The molecule has 1 atom stereocenters. The van der Waals surface area contributed by atoms with Crippen molar-refractivity contribution in [2.45, 2.75) is 44.9 Å². The average Bonchev–Trinajstić information content (AvgIpc) is 3.38. The lowest BCUT2D eigenvalue weighted by atomic mass is 9.97. The molecule has 6 heteroatoms. The molecule has 148 valence electrons. The quantitative estimate of drug-likeness (QED) is 0.814. The summed E-state index contributed by atoms with van der Waals surface area (Å²) >= 11 is 0. The van der Waals surface area contributed by atoms with Crippen LogP contribution in [-0.2, 0) is 0 Å². The van der Waals surface area contributed by atoms with E-state index in [2.05, 4.69) is 33.1 Å². The van der Waals surface area contributed by atoms with Crippen molar-refractivity contribution in [2.75, 3.05) is 24.6 Å². The molecule has 0 unspecified atom stereocenters. The van der Waals surface area contributed by atoms with Gasteiger partial charge in [0, 0.05) is 24.7 Å². The summed E-state index contributed by atoms with van der Waals surface area (Å²) in [5.41, 5.74) is 2.07. The summed E-state index contributed by atoms with van der Waals surface area (Å²) in [5.74, 6) is 1.52. The van der Waals surface area contributed by atoms with Gasteiger partial charge in [0.15, 0.2) is 5.69 Å². The van der Waals surface area contributed by atoms with E-state index in [1.807, 2.05) is 6.07 Å². The van der Waals surface area contributed by atoms with E-state index >= 15 is 0 Å². The summed E-state index contributed by atoms with van der Waals surface area (Å²) in [4.78, 5) is 22.0. The van der Waals surface area contributed by atoms with Crippen LogP contribution in [0.1, 0.15) is 59.8 Å². The molecule has 1 aliphatic carbocycles. The molecule has 28 heavy (non-hydrogen) atoms. The summed E-state index contributed by atoms with van der Waals surface area (Å²) in [7, 11) is 0. The Bertz CT molecular complexity index is 849. The van der Waals surface area contributed by atoms with Crippen LogP contribution in [-0.4, -0.2) is 40.7 Å². The van der Waals surface area contributed by atoms with Crippen LogP contribution in [0.2, 0.25) is 0 Å². The maximum Gasteiger partial charge on any atom is 0.354 e. The van der Waals surface area contributed by atoms with Gasteiger partial charge < -0.3 is 14.7 Å². The second-order valence-corrected chi connectivity index (χ2v) is 7.93. The normalized spacial score (nSPS) is 19.9. The molecular formula is C22H27N3O3. The van der Waals surface area contributed by atoms with Crippen LogP contribution in [0, 0.1) is 12.8 Å². The molecule has 2 fully saturated rings. The predicted molar refractivity (Wildman–Crippen MR) is 107 cm³/mol. The number of carboxylic acids is 1. The van der Waals surface area contributed by atoms with Gasteiger partial charge in [-0.25, -0.2) is 14.8 Å². The number of anilines is 1. The van der Waals surface area contributed by atoms with Crippen LogP contribution in [0.4, 0.5) is 5.95 Å². The molecule has 1 N–H and O–H groups in total. The highest BCUT2D eigenvalue weighted by atomic mass is 16.5. The summed E-state index contributed by atoms with van der Waals surface area (Å²) < 4.78 is 6.24. The van der Waals surface area contributed by atoms with Gasteiger partial charge in [-0.15, -0.1) is 0 Å². The van der Waals surface area contributed by atoms with Gasteiger partial charge in [-0.1, -0.05) is 31.0 Å². The molecular weight excluding hydrogens is 354 g/mol. The number of aromatic carboxylic acids is 1. The third-order valence-electron chi connectivity index (χ3n) is 5.82. The van der Waals surface area contributed by atoms with Crippen molar-refractivity contribution < 1.29 is 14.6 Å². The van der Waals surface area contributed by atoms with Gasteiger partial charge in [0.25, 0.3) is 0 Å². The number of aryl methyl sites for hydroxylation is 1. The van der Waals surface area contributed by atoms with Gasteiger partial charge in [-0.2, -0.15) is 0 Å². The maximum atomic E-state index is 11.3. The lowest BCUT2D eigenvalue weighted by Gasteiger charge is -2.19. The highest BCUT2D eigenvalue weighted by molar-refractivity contribution is 5.85. The first-order valence-corrected chi connectivity index (χ1v) is 10.2. The Hall–Kier alpha value is -2.63. The van der Waals surface area contributed by atoms with Crippen LogP contribution in [0.5, 0.6) is 5.75 Å². The zero-order valence-electron chi connectivity index (χ0n) is 16.3. The molecule has 2 aliphatic rings. The van der Waals surface area contributed by atoms with Crippen LogP contribution < -0.4 is 9.64 Å². The summed E-state index contributed by atoms with van der Waals surface area (Å²) in [6.07, 6.45) is 6.13. The Labute approximate surface area is 165 Å². The van der Waals surface area contributed by atoms with E-state index in [0.717, 1.165) is 25.3 Å². The first kappa shape index (κ1) is 18.7. The van der Waals surface area contributed by atoms with Crippen LogP contribution in [0.3, 0.4) is 0 Å². The molecule has 6 nitrogen and oxygen atoms in total. The van der Waals surface area contributed by atoms with Gasteiger partial charge >= 0.3 is 5.97 Å². The lowest BCUT2D eigenvalue weighted by molar-refractivity contribution is 0.0690. The highest BCUT2D eigenvalue weighted by Crippen LogP contribution is 2.38. The molecule has 2 heterocycles. The van der Waals surface area contributed by atoms with E-state index in [-0.39, 0.29) is 5.69 Å². The molecule has 1 aromatic heterocycles. The number of hydrogen-bond acceptors (Lipinski definition) is 5. The number of carboxylic acid groups (broad SMARTS) is 1. The van der Waals surface area contributed by atoms with E-state index in [1.165, 1.54) is 37.3 Å². The summed E-state index contributed by atoms with van der Waals surface area (Å²) in [6, 6.07) is 9.95. The first-order chi connectivity index (χ1) is 13.6. The molecule has 0 radical (unpaired) electrons. The average molecular weight is 381 g/mol. The molecule has 1 aliphatic heterocycles. The first-order valence-electron chi connectivity index (χ1n) is 10.2. The standard InChI is InChI=1S/C22H27N3O3/c1-15-12-19(21(26)27)24-22(23-15)25-11-10-16(13-25)14-28-20-9-5-4-8-18(20)17-6-2-3-7-17/h4-5,8-9,12,16-17H,2-3,6-7,10-11,13-14H2,1H3,(H,26,27)/t16-/m1/s1. The van der Waals surface area contributed by atoms with Crippen LogP contribution in [0.15, 0.2) is 30.3 Å². The second-order valence-electron chi connectivity index (χ2n) is 7.93. The Kier molecular flexibility index (Phi) is 5.46. The predicted octanol–water partition coefficient (Wildman–Crippen LogP) is 4.05. The summed E-state index contributed by atoms with van der Waals surface area (Å²) in [6.45, 7) is 4.07. The van der Waals surface area contributed by atoms with Gasteiger partial charge in [0.2, 0.25) is 5.95 Å². The fourth-order valence-corrected chi connectivity index (χ4v) is 4.35. The second kappa shape index (κ2) is 8.17. The minimum atomic E-state index is -1.02. The molecule has 0 spiro atoms. The van der Waals surface area contributed by atoms with Crippen molar-refractivity contribution in [3.05, 3.63) is 47.3 Å². The van der Waals surface area contributed by atoms with Crippen molar-refractivity contribution in [3.63, 3.8) is 0 Å². The number of benzene rings is 1. The molecule has 2 aromatic rings. The van der Waals surface area contributed by atoms with Gasteiger partial charge in [-0.05, 0) is 49.8 Å². The Morgan fingerprint density at radius 1 is 1.21 bits per heavy atom. The number of carbonyl (C=O) groups is 1. The van der Waals surface area contributed by atoms with Crippen molar-refractivity contribution in [2.24, 2.45) is 5.92 Å². The SMILES string of the molecule is Cc1cc(C(=O)O)nc(N2CC[C@@H](COc3ccccc3C3CCCC3)C2)n1. The number of ether oxygens (including phenoxy) is 1. The number of nitrogens with zero attached hydrogens (tertiary/aromatic N) is 3. The third-order valence-corrected chi connectivity index (χ3v) is 5.82. The number of hydrogen-bond donors (Lipinski definition) is 1. The minimum absolute atomic E-state index is 0.0488. The molecule has 4 rings (SSSR count). The Balaban J connectivity index is 1.39. The smallest absolute Gasteiger partial charge is 0.354 e. The third kappa shape index (κ3) is 4.11. The fourth-order valence-electron chi connectivity index (χ4n) is 4.35. The van der Waals surface area contributed by atoms with Crippen molar-refractivity contribution >= 4 is 11.9 Å². The van der Waals surface area contributed by atoms with E-state index in [0.29, 0.717) is 30.1 Å². The maximum absolute atomic E-state index is 11.3. The minimum Gasteiger partial charge on any atom is -0.493 e. The highest BCUT2D eigenvalue weighted by Gasteiger charge is 2.27. The van der Waals surface area contributed by atoms with Crippen molar-refractivity contribution in [1.29, 1.82) is 0 Å². The van der Waals surface area contributed by atoms with Crippen molar-refractivity contribution in [3.8, 4) is 5.75 Å². The Morgan fingerprint density at radius 2 is 2.00 bits per heavy atom. The zero-order chi connectivity index (χ0) is 19.5. The van der Waals surface area contributed by atoms with Gasteiger partial charge in [0.1, 0.15) is 5.75 Å². The van der Waals surface area contributed by atoms with Gasteiger partial charge in [-0.3, -0.25) is 0 Å². The Morgan fingerprint density at radius 3 is 2.79 bits per heavy atom. The largest absolute Gasteiger partial charge is 0.493 e. The number of rotatable bonds is 6. The molecule has 1 aromatic carbocycles. The van der Waals surface area contributed by atoms with Crippen LogP contribution in [0.25, 0.3) is 0 Å².